The van der Waals surface area contributed by atoms with E-state index in [2.05, 4.69) is 15.7 Å². The molecule has 1 amide bonds. The van der Waals surface area contributed by atoms with E-state index in [0.29, 0.717) is 19.0 Å². The first kappa shape index (κ1) is 14.4. The van der Waals surface area contributed by atoms with Crippen LogP contribution in [0.15, 0.2) is 30.5 Å². The quantitative estimate of drug-likeness (QED) is 0.875. The van der Waals surface area contributed by atoms with Crippen LogP contribution in [0.4, 0.5) is 0 Å². The number of amides is 1. The summed E-state index contributed by atoms with van der Waals surface area (Å²) < 4.78 is 2.07. The number of nitrogens with zero attached hydrogens (tertiary/aromatic N) is 4. The van der Waals surface area contributed by atoms with Crippen molar-refractivity contribution in [2.45, 2.75) is 51.1 Å². The van der Waals surface area contributed by atoms with Crippen LogP contribution in [0.1, 0.15) is 49.7 Å². The van der Waals surface area contributed by atoms with Crippen LogP contribution in [0.3, 0.4) is 0 Å². The van der Waals surface area contributed by atoms with Crippen molar-refractivity contribution in [3.63, 3.8) is 0 Å². The highest BCUT2D eigenvalue weighted by atomic mass is 16.2. The fourth-order valence-corrected chi connectivity index (χ4v) is 3.28. The molecule has 0 atom stereocenters. The topological polar surface area (TPSA) is 51.0 Å². The van der Waals surface area contributed by atoms with Crippen molar-refractivity contribution in [1.29, 1.82) is 0 Å². The van der Waals surface area contributed by atoms with Gasteiger partial charge in [0.2, 0.25) is 5.91 Å². The molecule has 0 N–H and O–H groups in total. The van der Waals surface area contributed by atoms with Gasteiger partial charge in [-0.2, -0.15) is 5.10 Å². The van der Waals surface area contributed by atoms with E-state index in [0.717, 1.165) is 17.9 Å². The van der Waals surface area contributed by atoms with E-state index in [9.17, 15) is 4.79 Å². The monoisotopic (exact) mass is 310 g/mol. The third-order valence-corrected chi connectivity index (χ3v) is 4.94. The molecule has 0 bridgehead atoms. The molecule has 1 aliphatic carbocycles. The van der Waals surface area contributed by atoms with Crippen molar-refractivity contribution in [2.75, 3.05) is 6.54 Å². The summed E-state index contributed by atoms with van der Waals surface area (Å²) in [4.78, 5) is 19.4. The van der Waals surface area contributed by atoms with Crippen molar-refractivity contribution < 1.29 is 4.79 Å². The number of carbonyl (C=O) groups is 1. The minimum Gasteiger partial charge on any atom is -0.334 e. The van der Waals surface area contributed by atoms with E-state index < -0.39 is 5.41 Å². The Morgan fingerprint density at radius 3 is 2.78 bits per heavy atom. The van der Waals surface area contributed by atoms with Gasteiger partial charge in [-0.25, -0.2) is 0 Å². The lowest BCUT2D eigenvalue weighted by molar-refractivity contribution is -0.138. The van der Waals surface area contributed by atoms with Crippen molar-refractivity contribution >= 4 is 5.91 Å². The third kappa shape index (κ3) is 2.54. The fourth-order valence-electron chi connectivity index (χ4n) is 3.28. The number of hydrogen-bond acceptors (Lipinski definition) is 3. The van der Waals surface area contributed by atoms with Crippen LogP contribution >= 0.6 is 0 Å². The molecule has 3 heterocycles. The normalized spacial score (nSPS) is 17.9. The molecule has 2 aliphatic rings. The average molecular weight is 310 g/mol. The number of rotatable bonds is 3. The molecular weight excluding hydrogens is 288 g/mol. The largest absolute Gasteiger partial charge is 0.334 e. The molecule has 0 unspecified atom stereocenters. The highest BCUT2D eigenvalue weighted by Crippen LogP contribution is 2.40. The minimum absolute atomic E-state index is 0.136. The summed E-state index contributed by atoms with van der Waals surface area (Å²) in [5, 5.41) is 4.69. The molecule has 2 aromatic rings. The second-order valence-corrected chi connectivity index (χ2v) is 7.12. The van der Waals surface area contributed by atoms with E-state index in [1.165, 1.54) is 18.5 Å². The van der Waals surface area contributed by atoms with Gasteiger partial charge in [-0.1, -0.05) is 6.07 Å². The van der Waals surface area contributed by atoms with Crippen LogP contribution in [0.25, 0.3) is 0 Å². The molecule has 1 saturated carbocycles. The first-order valence-corrected chi connectivity index (χ1v) is 8.33. The van der Waals surface area contributed by atoms with Crippen molar-refractivity contribution in [3.8, 4) is 0 Å². The van der Waals surface area contributed by atoms with E-state index in [4.69, 9.17) is 5.10 Å². The zero-order chi connectivity index (χ0) is 16.0. The summed E-state index contributed by atoms with van der Waals surface area (Å²) in [5.41, 5.74) is 2.58. The van der Waals surface area contributed by atoms with Crippen LogP contribution in [0.5, 0.6) is 0 Å². The van der Waals surface area contributed by atoms with Gasteiger partial charge in [0.05, 0.1) is 35.6 Å². The molecule has 2 aromatic heterocycles. The fraction of sp³-hybridized carbons (Fsp3) is 0.500. The summed E-state index contributed by atoms with van der Waals surface area (Å²) in [7, 11) is 0. The lowest BCUT2D eigenvalue weighted by Gasteiger charge is -2.34. The van der Waals surface area contributed by atoms with E-state index in [-0.39, 0.29) is 5.91 Å². The second-order valence-electron chi connectivity index (χ2n) is 7.12. The Morgan fingerprint density at radius 2 is 2.09 bits per heavy atom. The Morgan fingerprint density at radius 1 is 1.26 bits per heavy atom. The van der Waals surface area contributed by atoms with Gasteiger partial charge in [-0.15, -0.1) is 0 Å². The maximum Gasteiger partial charge on any atom is 0.234 e. The van der Waals surface area contributed by atoms with Crippen LogP contribution < -0.4 is 0 Å². The molecule has 5 heteroatoms. The molecule has 0 radical (unpaired) electrons. The summed E-state index contributed by atoms with van der Waals surface area (Å²) in [6.45, 7) is 6.06. The van der Waals surface area contributed by atoms with Gasteiger partial charge in [-0.05, 0) is 44.9 Å². The lowest BCUT2D eigenvalue weighted by atomic mass is 9.86. The van der Waals surface area contributed by atoms with Crippen molar-refractivity contribution in [2.24, 2.45) is 0 Å². The zero-order valence-electron chi connectivity index (χ0n) is 13.7. The van der Waals surface area contributed by atoms with Crippen molar-refractivity contribution in [1.82, 2.24) is 19.7 Å². The Kier molecular flexibility index (Phi) is 3.25. The van der Waals surface area contributed by atoms with E-state index in [1.807, 2.05) is 36.9 Å². The Bertz CT molecular complexity index is 731. The standard InChI is InChI=1S/C18H22N4O/c1-18(2,16-5-3-4-8-19-16)17(23)21-9-10-22-14(12-21)11-15(20-22)13-6-7-13/h3-5,8,11,13H,6-7,9-10,12H2,1-2H3. The molecule has 0 aromatic carbocycles. The molecule has 4 rings (SSSR count). The first-order valence-electron chi connectivity index (χ1n) is 8.33. The number of hydrogen-bond donors (Lipinski definition) is 0. The summed E-state index contributed by atoms with van der Waals surface area (Å²) in [5.74, 6) is 0.791. The van der Waals surface area contributed by atoms with Crippen LogP contribution in [-0.4, -0.2) is 32.1 Å². The van der Waals surface area contributed by atoms with Gasteiger partial charge < -0.3 is 4.90 Å². The predicted octanol–water partition coefficient (Wildman–Crippen LogP) is 2.48. The molecule has 5 nitrogen and oxygen atoms in total. The SMILES string of the molecule is CC(C)(C(=O)N1CCn2nc(C3CC3)cc2C1)c1ccccn1. The second kappa shape index (κ2) is 5.18. The van der Waals surface area contributed by atoms with Gasteiger partial charge in [-0.3, -0.25) is 14.5 Å². The average Bonchev–Trinajstić information content (AvgIpc) is 3.34. The number of pyridine rings is 1. The van der Waals surface area contributed by atoms with Gasteiger partial charge in [0, 0.05) is 18.7 Å². The summed E-state index contributed by atoms with van der Waals surface area (Å²) in [6.07, 6.45) is 4.26. The van der Waals surface area contributed by atoms with Gasteiger partial charge in [0.1, 0.15) is 0 Å². The van der Waals surface area contributed by atoms with Gasteiger partial charge in [0.25, 0.3) is 0 Å². The summed E-state index contributed by atoms with van der Waals surface area (Å²) >= 11 is 0. The van der Waals surface area contributed by atoms with Crippen molar-refractivity contribution in [3.05, 3.63) is 47.5 Å². The third-order valence-electron chi connectivity index (χ3n) is 4.94. The van der Waals surface area contributed by atoms with E-state index >= 15 is 0 Å². The maximum atomic E-state index is 13.0. The van der Waals surface area contributed by atoms with E-state index in [1.54, 1.807) is 6.20 Å². The van der Waals surface area contributed by atoms with Crippen LogP contribution in [0.2, 0.25) is 0 Å². The highest BCUT2D eigenvalue weighted by Gasteiger charge is 2.37. The number of carbonyl (C=O) groups excluding carboxylic acids is 1. The number of fused-ring (bicyclic) bond motifs is 1. The highest BCUT2D eigenvalue weighted by molar-refractivity contribution is 5.87. The number of aromatic nitrogens is 3. The molecule has 0 spiro atoms. The molecule has 0 saturated heterocycles. The molecular formula is C18H22N4O. The maximum absolute atomic E-state index is 13.0. The van der Waals surface area contributed by atoms with Gasteiger partial charge in [0.15, 0.2) is 0 Å². The van der Waals surface area contributed by atoms with Gasteiger partial charge >= 0.3 is 0 Å². The zero-order valence-corrected chi connectivity index (χ0v) is 13.7. The van der Waals surface area contributed by atoms with Crippen LogP contribution in [-0.2, 0) is 23.3 Å². The molecule has 1 aliphatic heterocycles. The Hall–Kier alpha value is -2.17. The Balaban J connectivity index is 1.55. The minimum atomic E-state index is -0.608. The molecule has 120 valence electrons. The predicted molar refractivity (Wildman–Crippen MR) is 86.9 cm³/mol. The smallest absolute Gasteiger partial charge is 0.234 e. The van der Waals surface area contributed by atoms with Crippen LogP contribution in [0, 0.1) is 0 Å². The lowest BCUT2D eigenvalue weighted by Crippen LogP contribution is -2.47. The first-order chi connectivity index (χ1) is 11.1. The molecule has 1 fully saturated rings. The molecule has 23 heavy (non-hydrogen) atoms. The Labute approximate surface area is 136 Å². The summed E-state index contributed by atoms with van der Waals surface area (Å²) in [6, 6.07) is 7.93.